The molecule has 11 nitrogen and oxygen atoms in total. The summed E-state index contributed by atoms with van der Waals surface area (Å²) in [4.78, 5) is 33.7. The molecule has 3 atom stereocenters. The lowest BCUT2D eigenvalue weighted by Gasteiger charge is -2.44. The molecule has 2 aromatic carbocycles. The first-order valence-corrected chi connectivity index (χ1v) is 14.6. The number of nitrogens with two attached hydrogens (primary N) is 1. The van der Waals surface area contributed by atoms with Gasteiger partial charge in [0.1, 0.15) is 11.9 Å². The van der Waals surface area contributed by atoms with Gasteiger partial charge in [0.05, 0.1) is 46.0 Å². The molecular formula is C32H34ClFN8O3. The van der Waals surface area contributed by atoms with E-state index in [0.717, 1.165) is 12.3 Å². The van der Waals surface area contributed by atoms with Gasteiger partial charge in [-0.05, 0) is 62.6 Å². The number of benzene rings is 2. The number of aliphatic hydroxyl groups excluding tert-OH is 1. The smallest absolute Gasteiger partial charge is 0.249 e. The topological polar surface area (TPSA) is 172 Å². The van der Waals surface area contributed by atoms with Crippen LogP contribution < -0.4 is 16.4 Å². The van der Waals surface area contributed by atoms with Crippen LogP contribution in [-0.4, -0.2) is 68.9 Å². The first-order chi connectivity index (χ1) is 21.3. The number of hydrogen-bond acceptors (Lipinski definition) is 8. The molecule has 0 aliphatic carbocycles. The maximum absolute atomic E-state index is 17.0. The van der Waals surface area contributed by atoms with Crippen molar-refractivity contribution in [3.8, 4) is 11.1 Å². The zero-order valence-corrected chi connectivity index (χ0v) is 26.0. The van der Waals surface area contributed by atoms with Crippen molar-refractivity contribution in [2.24, 2.45) is 0 Å². The number of pyridine rings is 1. The SMILES string of the molecule is C=CC(=O)N1CC(C)N2C(=N)c3c(c(F)c(-c4c(C)ccc(N)c4C=N)c(Cl)c3Nc3c(C)ccnc3C(C)O)NC(=O)C2C1. The molecule has 234 valence electrons. The lowest BCUT2D eigenvalue weighted by atomic mass is 9.90. The number of amidine groups is 1. The zero-order valence-electron chi connectivity index (χ0n) is 25.3. The van der Waals surface area contributed by atoms with Gasteiger partial charge in [-0.3, -0.25) is 20.0 Å². The van der Waals surface area contributed by atoms with Crippen molar-refractivity contribution in [3.63, 3.8) is 0 Å². The Morgan fingerprint density at radius 1 is 1.24 bits per heavy atom. The number of aromatic nitrogens is 1. The van der Waals surface area contributed by atoms with Crippen LogP contribution in [0.25, 0.3) is 11.1 Å². The van der Waals surface area contributed by atoms with Crippen LogP contribution >= 0.6 is 11.6 Å². The summed E-state index contributed by atoms with van der Waals surface area (Å²) in [5.74, 6) is -2.10. The third-order valence-electron chi connectivity index (χ3n) is 8.31. The highest BCUT2D eigenvalue weighted by Gasteiger charge is 2.44. The van der Waals surface area contributed by atoms with Crippen molar-refractivity contribution >= 4 is 58.2 Å². The Balaban J connectivity index is 1.85. The summed E-state index contributed by atoms with van der Waals surface area (Å²) in [6.45, 7) is 10.5. The maximum Gasteiger partial charge on any atom is 0.249 e. The second-order valence-electron chi connectivity index (χ2n) is 11.3. The summed E-state index contributed by atoms with van der Waals surface area (Å²) in [5, 5.41) is 33.8. The Kier molecular flexibility index (Phi) is 8.39. The van der Waals surface area contributed by atoms with Gasteiger partial charge < -0.3 is 36.7 Å². The summed E-state index contributed by atoms with van der Waals surface area (Å²) in [5.41, 5.74) is 8.46. The number of fused-ring (bicyclic) bond motifs is 2. The summed E-state index contributed by atoms with van der Waals surface area (Å²) in [6.07, 6.45) is 2.72. The Labute approximate surface area is 264 Å². The van der Waals surface area contributed by atoms with Gasteiger partial charge in [0.15, 0.2) is 5.82 Å². The predicted molar refractivity (Wildman–Crippen MR) is 174 cm³/mol. The molecule has 2 aliphatic rings. The van der Waals surface area contributed by atoms with Crippen LogP contribution in [0.2, 0.25) is 5.02 Å². The largest absolute Gasteiger partial charge is 0.398 e. The van der Waals surface area contributed by atoms with Crippen molar-refractivity contribution in [1.82, 2.24) is 14.8 Å². The molecule has 3 unspecified atom stereocenters. The van der Waals surface area contributed by atoms with Crippen molar-refractivity contribution in [2.75, 3.05) is 29.5 Å². The average Bonchev–Trinajstić information content (AvgIpc) is 3.11. The Morgan fingerprint density at radius 2 is 1.96 bits per heavy atom. The molecule has 1 fully saturated rings. The highest BCUT2D eigenvalue weighted by Crippen LogP contribution is 2.49. The van der Waals surface area contributed by atoms with E-state index in [4.69, 9.17) is 22.7 Å². The lowest BCUT2D eigenvalue weighted by molar-refractivity contribution is -0.132. The van der Waals surface area contributed by atoms with Crippen molar-refractivity contribution in [1.29, 1.82) is 10.8 Å². The van der Waals surface area contributed by atoms with E-state index in [1.807, 2.05) is 0 Å². The highest BCUT2D eigenvalue weighted by atomic mass is 35.5. The Morgan fingerprint density at radius 3 is 2.60 bits per heavy atom. The quantitative estimate of drug-likeness (QED) is 0.127. The second kappa shape index (κ2) is 11.9. The number of hydrogen-bond donors (Lipinski definition) is 6. The van der Waals surface area contributed by atoms with Crippen LogP contribution in [0.4, 0.5) is 27.1 Å². The van der Waals surface area contributed by atoms with Gasteiger partial charge >= 0.3 is 0 Å². The molecule has 0 bridgehead atoms. The maximum atomic E-state index is 17.0. The van der Waals surface area contributed by atoms with Crippen LogP contribution in [0.3, 0.4) is 0 Å². The zero-order chi connectivity index (χ0) is 32.9. The van der Waals surface area contributed by atoms with Crippen LogP contribution in [0.1, 0.15) is 47.9 Å². The van der Waals surface area contributed by atoms with Crippen molar-refractivity contribution in [3.05, 3.63) is 75.8 Å². The minimum atomic E-state index is -1.02. The number of anilines is 4. The van der Waals surface area contributed by atoms with Gasteiger partial charge in [-0.1, -0.05) is 24.2 Å². The molecule has 3 heterocycles. The molecule has 0 saturated carbocycles. The Bertz CT molecular complexity index is 1790. The fraction of sp³-hybridized carbons (Fsp3) is 0.281. The van der Waals surface area contributed by atoms with E-state index in [1.165, 1.54) is 4.90 Å². The highest BCUT2D eigenvalue weighted by molar-refractivity contribution is 6.38. The minimum absolute atomic E-state index is 0.0230. The number of rotatable bonds is 6. The third-order valence-corrected chi connectivity index (χ3v) is 8.69. The van der Waals surface area contributed by atoms with Gasteiger partial charge in [0.2, 0.25) is 11.8 Å². The average molecular weight is 633 g/mol. The number of nitrogens with zero attached hydrogens (tertiary/aromatic N) is 3. The second-order valence-corrected chi connectivity index (χ2v) is 11.7. The van der Waals surface area contributed by atoms with E-state index < -0.39 is 29.9 Å². The predicted octanol–water partition coefficient (Wildman–Crippen LogP) is 4.90. The molecule has 0 radical (unpaired) electrons. The fourth-order valence-corrected chi connectivity index (χ4v) is 6.43. The number of aryl methyl sites for hydroxylation is 2. The van der Waals surface area contributed by atoms with Crippen LogP contribution in [0, 0.1) is 30.5 Å². The number of nitrogen functional groups attached to an aromatic ring is 1. The molecule has 3 aromatic rings. The summed E-state index contributed by atoms with van der Waals surface area (Å²) in [7, 11) is 0. The number of carbonyl (C=O) groups is 2. The number of nitrogens with one attached hydrogen (secondary N) is 4. The molecule has 2 aliphatic heterocycles. The third kappa shape index (κ3) is 5.19. The van der Waals surface area contributed by atoms with E-state index in [9.17, 15) is 20.1 Å². The molecule has 13 heteroatoms. The van der Waals surface area contributed by atoms with Gasteiger partial charge in [-0.2, -0.15) is 0 Å². The fourth-order valence-electron chi connectivity index (χ4n) is 6.11. The summed E-state index contributed by atoms with van der Waals surface area (Å²) in [6, 6.07) is 3.47. The van der Waals surface area contributed by atoms with Crippen LogP contribution in [-0.2, 0) is 9.59 Å². The Hall–Kier alpha value is -4.81. The monoisotopic (exact) mass is 632 g/mol. The number of piperazine rings is 1. The standard InChI is InChI=1S/C32H34ClFN8O3/c1-6-21(44)41-12-16(4)42-20(13-41)32(45)40-30-24(31(42)37)29(39-27-15(3)9-10-38-28(27)17(5)43)25(33)23(26(30)34)22-14(2)7-8-19(36)18(22)11-35/h6-11,16-17,20,35,37,39,43H,1,12-13,36H2,2-5H3,(H,40,45). The summed E-state index contributed by atoms with van der Waals surface area (Å²) >= 11 is 7.13. The molecular weight excluding hydrogens is 599 g/mol. The molecule has 2 amide bonds. The first-order valence-electron chi connectivity index (χ1n) is 14.3. The van der Waals surface area contributed by atoms with Crippen LogP contribution in [0.5, 0.6) is 0 Å². The van der Waals surface area contributed by atoms with Gasteiger partial charge in [-0.15, -0.1) is 0 Å². The van der Waals surface area contributed by atoms with E-state index in [2.05, 4.69) is 22.2 Å². The van der Waals surface area contributed by atoms with E-state index >= 15 is 4.39 Å². The first kappa shape index (κ1) is 31.6. The molecule has 7 N–H and O–H groups in total. The van der Waals surface area contributed by atoms with E-state index in [-0.39, 0.29) is 74.9 Å². The number of aliphatic hydroxyl groups is 1. The van der Waals surface area contributed by atoms with E-state index in [0.29, 0.717) is 16.8 Å². The van der Waals surface area contributed by atoms with Crippen molar-refractivity contribution in [2.45, 2.75) is 45.9 Å². The van der Waals surface area contributed by atoms with Gasteiger partial charge in [0, 0.05) is 41.8 Å². The molecule has 0 spiro atoms. The number of carbonyl (C=O) groups excluding carboxylic acids is 2. The number of halogens is 2. The minimum Gasteiger partial charge on any atom is -0.398 e. The molecule has 1 aromatic heterocycles. The van der Waals surface area contributed by atoms with E-state index in [1.54, 1.807) is 57.0 Å². The van der Waals surface area contributed by atoms with Crippen LogP contribution in [0.15, 0.2) is 37.1 Å². The number of amides is 2. The van der Waals surface area contributed by atoms with Gasteiger partial charge in [-0.25, -0.2) is 4.39 Å². The molecule has 45 heavy (non-hydrogen) atoms. The summed E-state index contributed by atoms with van der Waals surface area (Å²) < 4.78 is 17.0. The van der Waals surface area contributed by atoms with Gasteiger partial charge in [0.25, 0.3) is 0 Å². The van der Waals surface area contributed by atoms with Crippen molar-refractivity contribution < 1.29 is 19.1 Å². The molecule has 5 rings (SSSR count). The lowest BCUT2D eigenvalue weighted by Crippen LogP contribution is -2.63. The normalized spacial score (nSPS) is 18.4. The molecule has 1 saturated heterocycles.